The Morgan fingerprint density at radius 2 is 1.46 bits per heavy atom. The van der Waals surface area contributed by atoms with E-state index >= 15 is 0 Å². The third kappa shape index (κ3) is 7.58. The quantitative estimate of drug-likeness (QED) is 0.244. The molecule has 4 rings (SSSR count). The molecule has 1 aromatic heterocycles. The number of methoxy groups -OCH3 is 4. The van der Waals surface area contributed by atoms with Crippen LogP contribution in [-0.4, -0.2) is 81.3 Å². The molecule has 1 heterocycles. The lowest BCUT2D eigenvalue weighted by Gasteiger charge is -2.28. The molecule has 1 N–H and O–H groups in total. The molecule has 2 amide bonds. The lowest BCUT2D eigenvalue weighted by Crippen LogP contribution is -2.44. The molecular weight excluding hydrogens is 522 g/mol. The van der Waals surface area contributed by atoms with Gasteiger partial charge in [-0.2, -0.15) is 0 Å². The Hall–Kier alpha value is -4.50. The van der Waals surface area contributed by atoms with Gasteiger partial charge >= 0.3 is 0 Å². The highest BCUT2D eigenvalue weighted by Gasteiger charge is 2.24. The SMILES string of the molecule is COCCN(CC(=O)N(CCc1c[nH]c2ccccc12)Cc1ccc(OC)cc1)C(=O)c1cc(OC)cc(OC)c1. The number of carbonyl (C=O) groups is 2. The molecule has 0 atom stereocenters. The van der Waals surface area contributed by atoms with E-state index in [1.54, 1.807) is 37.3 Å². The fraction of sp³-hybridized carbons (Fsp3) is 0.312. The van der Waals surface area contributed by atoms with E-state index in [2.05, 4.69) is 11.1 Å². The van der Waals surface area contributed by atoms with Gasteiger partial charge in [0, 0.05) is 55.5 Å². The van der Waals surface area contributed by atoms with Gasteiger partial charge in [0.15, 0.2) is 0 Å². The Kier molecular flexibility index (Phi) is 10.2. The van der Waals surface area contributed by atoms with Crippen LogP contribution in [0.2, 0.25) is 0 Å². The third-order valence-corrected chi connectivity index (χ3v) is 6.99. The molecule has 9 heteroatoms. The molecule has 0 saturated carbocycles. The van der Waals surface area contributed by atoms with Gasteiger partial charge in [0.2, 0.25) is 5.91 Å². The molecule has 0 fully saturated rings. The van der Waals surface area contributed by atoms with Gasteiger partial charge in [0.1, 0.15) is 23.8 Å². The van der Waals surface area contributed by atoms with E-state index in [9.17, 15) is 9.59 Å². The zero-order valence-corrected chi connectivity index (χ0v) is 24.0. The summed E-state index contributed by atoms with van der Waals surface area (Å²) in [5, 5.41) is 1.13. The zero-order chi connectivity index (χ0) is 29.2. The van der Waals surface area contributed by atoms with Crippen LogP contribution in [0.25, 0.3) is 10.9 Å². The van der Waals surface area contributed by atoms with Crippen molar-refractivity contribution >= 4 is 22.7 Å². The fourth-order valence-electron chi connectivity index (χ4n) is 4.67. The lowest BCUT2D eigenvalue weighted by molar-refractivity contribution is -0.132. The Bertz CT molecular complexity index is 1430. The van der Waals surface area contributed by atoms with E-state index < -0.39 is 0 Å². The molecule has 0 unspecified atom stereocenters. The van der Waals surface area contributed by atoms with Crippen molar-refractivity contribution in [2.45, 2.75) is 13.0 Å². The summed E-state index contributed by atoms with van der Waals surface area (Å²) in [6, 6.07) is 20.7. The van der Waals surface area contributed by atoms with Crippen molar-refractivity contribution in [2.75, 3.05) is 54.7 Å². The summed E-state index contributed by atoms with van der Waals surface area (Å²) < 4.78 is 21.2. The average molecular weight is 560 g/mol. The van der Waals surface area contributed by atoms with Crippen LogP contribution in [0.5, 0.6) is 17.2 Å². The van der Waals surface area contributed by atoms with E-state index in [0.717, 1.165) is 27.8 Å². The summed E-state index contributed by atoms with van der Waals surface area (Å²) in [6.07, 6.45) is 2.65. The number of benzene rings is 3. The number of carbonyl (C=O) groups excluding carboxylic acids is 2. The number of nitrogens with zero attached hydrogens (tertiary/aromatic N) is 2. The smallest absolute Gasteiger partial charge is 0.254 e. The van der Waals surface area contributed by atoms with Crippen molar-refractivity contribution < 1.29 is 28.5 Å². The lowest BCUT2D eigenvalue weighted by atomic mass is 10.1. The average Bonchev–Trinajstić information content (AvgIpc) is 3.43. The van der Waals surface area contributed by atoms with Gasteiger partial charge in [-0.15, -0.1) is 0 Å². The predicted octanol–water partition coefficient (Wildman–Crippen LogP) is 4.55. The molecule has 0 radical (unpaired) electrons. The normalized spacial score (nSPS) is 10.8. The number of hydrogen-bond acceptors (Lipinski definition) is 6. The van der Waals surface area contributed by atoms with Gasteiger partial charge in [-0.05, 0) is 47.9 Å². The maximum absolute atomic E-state index is 13.9. The first-order valence-corrected chi connectivity index (χ1v) is 13.4. The largest absolute Gasteiger partial charge is 0.497 e. The Morgan fingerprint density at radius 1 is 0.780 bits per heavy atom. The van der Waals surface area contributed by atoms with Crippen LogP contribution >= 0.6 is 0 Å². The number of aromatic amines is 1. The molecule has 9 nitrogen and oxygen atoms in total. The van der Waals surface area contributed by atoms with E-state index in [4.69, 9.17) is 18.9 Å². The number of amides is 2. The van der Waals surface area contributed by atoms with Gasteiger partial charge < -0.3 is 33.7 Å². The highest BCUT2D eigenvalue weighted by Crippen LogP contribution is 2.24. The monoisotopic (exact) mass is 559 g/mol. The summed E-state index contributed by atoms with van der Waals surface area (Å²) >= 11 is 0. The van der Waals surface area contributed by atoms with Gasteiger partial charge in [-0.1, -0.05) is 30.3 Å². The van der Waals surface area contributed by atoms with Crippen molar-refractivity contribution in [3.8, 4) is 17.2 Å². The van der Waals surface area contributed by atoms with Crippen molar-refractivity contribution in [3.05, 3.63) is 89.6 Å². The van der Waals surface area contributed by atoms with Gasteiger partial charge in [-0.3, -0.25) is 9.59 Å². The van der Waals surface area contributed by atoms with Crippen molar-refractivity contribution in [2.24, 2.45) is 0 Å². The van der Waals surface area contributed by atoms with Crippen LogP contribution in [0.3, 0.4) is 0 Å². The highest BCUT2D eigenvalue weighted by molar-refractivity contribution is 5.97. The predicted molar refractivity (Wildman–Crippen MR) is 158 cm³/mol. The number of hydrogen-bond donors (Lipinski definition) is 1. The van der Waals surface area contributed by atoms with Gasteiger partial charge in [0.05, 0.1) is 27.9 Å². The number of rotatable bonds is 14. The minimum absolute atomic E-state index is 0.105. The van der Waals surface area contributed by atoms with Crippen LogP contribution in [0, 0.1) is 0 Å². The maximum Gasteiger partial charge on any atom is 0.254 e. The maximum atomic E-state index is 13.9. The summed E-state index contributed by atoms with van der Waals surface area (Å²) in [7, 11) is 6.24. The van der Waals surface area contributed by atoms with E-state index in [1.165, 1.54) is 19.1 Å². The first kappa shape index (κ1) is 29.5. The molecule has 0 aliphatic carbocycles. The summed E-state index contributed by atoms with van der Waals surface area (Å²) in [5.41, 5.74) is 3.51. The Morgan fingerprint density at radius 3 is 2.12 bits per heavy atom. The number of para-hydroxylation sites is 1. The minimum Gasteiger partial charge on any atom is -0.497 e. The second-order valence-electron chi connectivity index (χ2n) is 9.59. The Labute approximate surface area is 240 Å². The van der Waals surface area contributed by atoms with Crippen molar-refractivity contribution in [3.63, 3.8) is 0 Å². The van der Waals surface area contributed by atoms with Crippen LogP contribution in [0.4, 0.5) is 0 Å². The molecule has 3 aromatic carbocycles. The highest BCUT2D eigenvalue weighted by atomic mass is 16.5. The van der Waals surface area contributed by atoms with Gasteiger partial charge in [-0.25, -0.2) is 0 Å². The third-order valence-electron chi connectivity index (χ3n) is 6.99. The van der Waals surface area contributed by atoms with Crippen molar-refractivity contribution in [1.29, 1.82) is 0 Å². The molecule has 0 saturated heterocycles. The zero-order valence-electron chi connectivity index (χ0n) is 24.0. The molecule has 41 heavy (non-hydrogen) atoms. The fourth-order valence-corrected chi connectivity index (χ4v) is 4.67. The molecular formula is C32H37N3O6. The molecule has 0 aliphatic rings. The number of H-pyrrole nitrogens is 1. The molecule has 0 spiro atoms. The topological polar surface area (TPSA) is 93.3 Å². The summed E-state index contributed by atoms with van der Waals surface area (Å²) in [4.78, 5) is 34.1. The number of aromatic nitrogens is 1. The number of ether oxygens (including phenoxy) is 4. The van der Waals surface area contributed by atoms with Crippen LogP contribution in [0.15, 0.2) is 72.9 Å². The van der Waals surface area contributed by atoms with Crippen LogP contribution in [-0.2, 0) is 22.5 Å². The summed E-state index contributed by atoms with van der Waals surface area (Å²) in [5.74, 6) is 1.25. The molecule has 0 aliphatic heterocycles. The Balaban J connectivity index is 1.57. The first-order chi connectivity index (χ1) is 19.9. The minimum atomic E-state index is -0.311. The first-order valence-electron chi connectivity index (χ1n) is 13.4. The van der Waals surface area contributed by atoms with Crippen LogP contribution in [0.1, 0.15) is 21.5 Å². The number of nitrogens with one attached hydrogen (secondary N) is 1. The van der Waals surface area contributed by atoms with Crippen molar-refractivity contribution in [1.82, 2.24) is 14.8 Å². The molecule has 4 aromatic rings. The van der Waals surface area contributed by atoms with E-state index in [1.807, 2.05) is 48.7 Å². The standard InChI is InChI=1S/C32H37N3O6/c1-38-16-15-35(32(37)25-17-27(40-3)19-28(18-25)41-4)22-31(36)34(21-23-9-11-26(39-2)12-10-23)14-13-24-20-33-30-8-6-5-7-29(24)30/h5-12,17-20,33H,13-16,21-22H2,1-4H3. The van der Waals surface area contributed by atoms with E-state index in [-0.39, 0.29) is 31.5 Å². The second-order valence-corrected chi connectivity index (χ2v) is 9.59. The number of fused-ring (bicyclic) bond motifs is 1. The van der Waals surface area contributed by atoms with Gasteiger partial charge in [0.25, 0.3) is 5.91 Å². The van der Waals surface area contributed by atoms with E-state index in [0.29, 0.717) is 36.6 Å². The van der Waals surface area contributed by atoms with Crippen LogP contribution < -0.4 is 14.2 Å². The summed E-state index contributed by atoms with van der Waals surface area (Å²) in [6.45, 7) is 1.30. The second kappa shape index (κ2) is 14.2. The molecule has 0 bridgehead atoms. The molecule has 216 valence electrons.